The van der Waals surface area contributed by atoms with Crippen molar-refractivity contribution < 1.29 is 5.21 Å². The molecule has 0 aromatic heterocycles. The van der Waals surface area contributed by atoms with Crippen LogP contribution in [0.5, 0.6) is 0 Å². The molecule has 0 spiro atoms. The molecule has 2 nitrogen and oxygen atoms in total. The van der Waals surface area contributed by atoms with Gasteiger partial charge in [0.25, 0.3) is 0 Å². The van der Waals surface area contributed by atoms with E-state index in [0.29, 0.717) is 10.9 Å². The van der Waals surface area contributed by atoms with Crippen LogP contribution in [0.1, 0.15) is 30.9 Å². The molecule has 0 radical (unpaired) electrons. The number of nitrogens with zero attached hydrogens (tertiary/aromatic N) is 1. The van der Waals surface area contributed by atoms with Crippen molar-refractivity contribution in [2.75, 3.05) is 0 Å². The lowest BCUT2D eigenvalue weighted by atomic mass is 9.98. The Hall–Kier alpha value is -1.02. The number of halogens is 1. The second-order valence-electron chi connectivity index (χ2n) is 3.17. The van der Waals surface area contributed by atoms with Crippen LogP contribution in [-0.4, -0.2) is 11.4 Å². The minimum absolute atomic E-state index is 0.394. The van der Waals surface area contributed by atoms with Crippen LogP contribution < -0.4 is 0 Å². The number of oxime groups is 1. The van der Waals surface area contributed by atoms with E-state index in [9.17, 15) is 0 Å². The highest BCUT2D eigenvalue weighted by Gasteiger charge is 2.05. The molecule has 0 saturated carbocycles. The van der Waals surface area contributed by atoms with Crippen molar-refractivity contribution in [3.05, 3.63) is 34.3 Å². The number of hydrogen-bond acceptors (Lipinski definition) is 2. The van der Waals surface area contributed by atoms with Crippen LogP contribution in [-0.2, 0) is 0 Å². The quantitative estimate of drug-likeness (QED) is 0.441. The summed E-state index contributed by atoms with van der Waals surface area (Å²) in [5, 5.41) is 12.1. The maximum absolute atomic E-state index is 8.44. The molecule has 0 atom stereocenters. The predicted molar refractivity (Wildman–Crippen MR) is 54.9 cm³/mol. The average Bonchev–Trinajstić information content (AvgIpc) is 2.04. The number of benzene rings is 1. The zero-order valence-electron chi connectivity index (χ0n) is 7.66. The summed E-state index contributed by atoms with van der Waals surface area (Å²) in [6.45, 7) is 4.16. The predicted octanol–water partition coefficient (Wildman–Crippen LogP) is 3.27. The molecular weight excluding hydrogens is 186 g/mol. The Morgan fingerprint density at radius 1 is 1.46 bits per heavy atom. The third kappa shape index (κ3) is 2.46. The van der Waals surface area contributed by atoms with Gasteiger partial charge in [0.05, 0.1) is 6.21 Å². The van der Waals surface area contributed by atoms with Crippen LogP contribution in [0, 0.1) is 0 Å². The summed E-state index contributed by atoms with van der Waals surface area (Å²) in [6.07, 6.45) is 1.40. The third-order valence-corrected chi connectivity index (χ3v) is 2.10. The van der Waals surface area contributed by atoms with Crippen molar-refractivity contribution in [3.63, 3.8) is 0 Å². The fourth-order valence-corrected chi connectivity index (χ4v) is 1.43. The second-order valence-corrected chi connectivity index (χ2v) is 3.61. The van der Waals surface area contributed by atoms with Crippen molar-refractivity contribution in [2.24, 2.45) is 5.16 Å². The van der Waals surface area contributed by atoms with Crippen LogP contribution >= 0.6 is 11.6 Å². The van der Waals surface area contributed by atoms with E-state index < -0.39 is 0 Å². The van der Waals surface area contributed by atoms with E-state index in [-0.39, 0.29) is 0 Å². The van der Waals surface area contributed by atoms with Gasteiger partial charge in [-0.3, -0.25) is 0 Å². The van der Waals surface area contributed by atoms with E-state index in [1.807, 2.05) is 12.1 Å². The van der Waals surface area contributed by atoms with Crippen LogP contribution in [0.3, 0.4) is 0 Å². The molecule has 1 aromatic carbocycles. The van der Waals surface area contributed by atoms with E-state index in [1.54, 1.807) is 6.07 Å². The lowest BCUT2D eigenvalue weighted by Crippen LogP contribution is -1.95. The SMILES string of the molecule is CC(C)c1ccc(Cl)cc1/C=N/O. The van der Waals surface area contributed by atoms with Crippen molar-refractivity contribution in [2.45, 2.75) is 19.8 Å². The molecular formula is C10H12ClNO. The maximum atomic E-state index is 8.44. The van der Waals surface area contributed by atoms with Gasteiger partial charge in [0.15, 0.2) is 0 Å². The van der Waals surface area contributed by atoms with Gasteiger partial charge in [0.2, 0.25) is 0 Å². The Balaban J connectivity index is 3.18. The van der Waals surface area contributed by atoms with Crippen molar-refractivity contribution in [1.82, 2.24) is 0 Å². The molecule has 0 heterocycles. The molecule has 0 aliphatic carbocycles. The Morgan fingerprint density at radius 2 is 2.15 bits per heavy atom. The molecule has 0 unspecified atom stereocenters. The summed E-state index contributed by atoms with van der Waals surface area (Å²) in [5.41, 5.74) is 1.99. The molecule has 1 N–H and O–H groups in total. The van der Waals surface area contributed by atoms with Gasteiger partial charge < -0.3 is 5.21 Å². The zero-order chi connectivity index (χ0) is 9.84. The third-order valence-electron chi connectivity index (χ3n) is 1.87. The Bertz CT molecular complexity index is 321. The summed E-state index contributed by atoms with van der Waals surface area (Å²) < 4.78 is 0. The van der Waals surface area contributed by atoms with Gasteiger partial charge in [0.1, 0.15) is 0 Å². The molecule has 0 aliphatic heterocycles. The van der Waals surface area contributed by atoms with Gasteiger partial charge in [-0.2, -0.15) is 0 Å². The summed E-state index contributed by atoms with van der Waals surface area (Å²) in [6, 6.07) is 5.58. The molecule has 0 fully saturated rings. The molecule has 0 aliphatic rings. The van der Waals surface area contributed by atoms with Gasteiger partial charge in [-0.05, 0) is 23.6 Å². The van der Waals surface area contributed by atoms with Crippen LogP contribution in [0.2, 0.25) is 5.02 Å². The van der Waals surface area contributed by atoms with E-state index in [2.05, 4.69) is 19.0 Å². The summed E-state index contributed by atoms with van der Waals surface area (Å²) >= 11 is 5.81. The lowest BCUT2D eigenvalue weighted by Gasteiger charge is -2.08. The van der Waals surface area contributed by atoms with E-state index in [0.717, 1.165) is 11.1 Å². The Morgan fingerprint density at radius 3 is 2.69 bits per heavy atom. The molecule has 3 heteroatoms. The average molecular weight is 198 g/mol. The second kappa shape index (κ2) is 4.28. The summed E-state index contributed by atoms with van der Waals surface area (Å²) in [7, 11) is 0. The Kier molecular flexibility index (Phi) is 3.32. The molecule has 1 aromatic rings. The van der Waals surface area contributed by atoms with Crippen molar-refractivity contribution in [3.8, 4) is 0 Å². The first-order chi connectivity index (χ1) is 6.15. The molecule has 70 valence electrons. The molecule has 0 bridgehead atoms. The van der Waals surface area contributed by atoms with E-state index in [1.165, 1.54) is 6.21 Å². The topological polar surface area (TPSA) is 32.6 Å². The van der Waals surface area contributed by atoms with Crippen LogP contribution in [0.15, 0.2) is 23.4 Å². The normalized spacial score (nSPS) is 11.4. The highest BCUT2D eigenvalue weighted by Crippen LogP contribution is 2.21. The fraction of sp³-hybridized carbons (Fsp3) is 0.300. The standard InChI is InChI=1S/C10H12ClNO/c1-7(2)10-4-3-9(11)5-8(10)6-12-13/h3-7,13H,1-2H3/b12-6+. The van der Waals surface area contributed by atoms with Crippen molar-refractivity contribution in [1.29, 1.82) is 0 Å². The largest absolute Gasteiger partial charge is 0.411 e. The first-order valence-electron chi connectivity index (χ1n) is 4.12. The highest BCUT2D eigenvalue weighted by molar-refractivity contribution is 6.30. The van der Waals surface area contributed by atoms with Crippen LogP contribution in [0.4, 0.5) is 0 Å². The van der Waals surface area contributed by atoms with E-state index in [4.69, 9.17) is 16.8 Å². The van der Waals surface area contributed by atoms with Crippen LogP contribution in [0.25, 0.3) is 0 Å². The molecule has 1 rings (SSSR count). The van der Waals surface area contributed by atoms with E-state index >= 15 is 0 Å². The first-order valence-corrected chi connectivity index (χ1v) is 4.50. The minimum atomic E-state index is 0.394. The van der Waals surface area contributed by atoms with Gasteiger partial charge in [-0.25, -0.2) is 0 Å². The minimum Gasteiger partial charge on any atom is -0.411 e. The monoisotopic (exact) mass is 197 g/mol. The molecule has 0 saturated heterocycles. The smallest absolute Gasteiger partial charge is 0.0737 e. The molecule has 0 amide bonds. The first kappa shape index (κ1) is 10.1. The maximum Gasteiger partial charge on any atom is 0.0737 e. The number of hydrogen-bond donors (Lipinski definition) is 1. The van der Waals surface area contributed by atoms with Gasteiger partial charge in [-0.15, -0.1) is 0 Å². The summed E-state index contributed by atoms with van der Waals surface area (Å²) in [5.74, 6) is 0.394. The lowest BCUT2D eigenvalue weighted by molar-refractivity contribution is 0.322. The Labute approximate surface area is 82.8 Å². The van der Waals surface area contributed by atoms with Gasteiger partial charge >= 0.3 is 0 Å². The summed E-state index contributed by atoms with van der Waals surface area (Å²) in [4.78, 5) is 0. The number of rotatable bonds is 2. The van der Waals surface area contributed by atoms with Gasteiger partial charge in [0, 0.05) is 10.6 Å². The highest BCUT2D eigenvalue weighted by atomic mass is 35.5. The molecule has 13 heavy (non-hydrogen) atoms. The van der Waals surface area contributed by atoms with Gasteiger partial charge in [-0.1, -0.05) is 36.7 Å². The zero-order valence-corrected chi connectivity index (χ0v) is 8.42. The fourth-order valence-electron chi connectivity index (χ4n) is 1.25. The van der Waals surface area contributed by atoms with Crippen molar-refractivity contribution >= 4 is 17.8 Å².